The Morgan fingerprint density at radius 2 is 2.30 bits per heavy atom. The van der Waals surface area contributed by atoms with Gasteiger partial charge in [-0.2, -0.15) is 5.10 Å². The predicted octanol–water partition coefficient (Wildman–Crippen LogP) is 2.42. The molecular weight excluding hydrogens is 256 g/mol. The molecule has 0 atom stereocenters. The van der Waals surface area contributed by atoms with Crippen LogP contribution in [0.15, 0.2) is 36.7 Å². The fraction of sp³-hybridized carbons (Fsp3) is 0.333. The van der Waals surface area contributed by atoms with Gasteiger partial charge in [0, 0.05) is 0 Å². The van der Waals surface area contributed by atoms with Crippen molar-refractivity contribution in [2.45, 2.75) is 19.4 Å². The van der Waals surface area contributed by atoms with E-state index >= 15 is 0 Å². The van der Waals surface area contributed by atoms with Crippen LogP contribution in [0.1, 0.15) is 28.8 Å². The van der Waals surface area contributed by atoms with E-state index in [4.69, 9.17) is 9.84 Å². The van der Waals surface area contributed by atoms with Crippen LogP contribution in [0.2, 0.25) is 0 Å². The highest BCUT2D eigenvalue weighted by atomic mass is 16.5. The van der Waals surface area contributed by atoms with Crippen molar-refractivity contribution in [1.82, 2.24) is 9.78 Å². The Balaban J connectivity index is 1.64. The van der Waals surface area contributed by atoms with Crippen LogP contribution < -0.4 is 4.74 Å². The molecule has 1 fully saturated rings. The van der Waals surface area contributed by atoms with E-state index in [9.17, 15) is 4.79 Å². The van der Waals surface area contributed by atoms with Crippen LogP contribution in [0, 0.1) is 5.92 Å². The Morgan fingerprint density at radius 3 is 3.05 bits per heavy atom. The lowest BCUT2D eigenvalue weighted by molar-refractivity contribution is 0.0696. The third-order valence-electron chi connectivity index (χ3n) is 3.31. The van der Waals surface area contributed by atoms with E-state index in [1.807, 2.05) is 12.3 Å². The maximum atomic E-state index is 10.9. The summed E-state index contributed by atoms with van der Waals surface area (Å²) in [5, 5.41) is 13.2. The minimum absolute atomic E-state index is 0.292. The number of hydrogen-bond acceptors (Lipinski definition) is 3. The van der Waals surface area contributed by atoms with E-state index in [2.05, 4.69) is 5.10 Å². The third kappa shape index (κ3) is 3.17. The first-order valence-corrected chi connectivity index (χ1v) is 6.68. The van der Waals surface area contributed by atoms with Crippen LogP contribution in [-0.4, -0.2) is 27.5 Å². The average Bonchev–Trinajstić information content (AvgIpc) is 3.17. The van der Waals surface area contributed by atoms with Crippen LogP contribution in [0.5, 0.6) is 5.75 Å². The Labute approximate surface area is 116 Å². The summed E-state index contributed by atoms with van der Waals surface area (Å²) in [5.74, 6) is 0.567. The molecule has 0 amide bonds. The Hall–Kier alpha value is -2.30. The average molecular weight is 272 g/mol. The summed E-state index contributed by atoms with van der Waals surface area (Å²) in [7, 11) is 0. The van der Waals surface area contributed by atoms with Crippen molar-refractivity contribution in [3.63, 3.8) is 0 Å². The molecule has 1 heterocycles. The Morgan fingerprint density at radius 1 is 1.45 bits per heavy atom. The third-order valence-corrected chi connectivity index (χ3v) is 3.31. The number of carboxylic acids is 1. The highest BCUT2D eigenvalue weighted by molar-refractivity contribution is 5.87. The normalized spacial score (nSPS) is 14.2. The van der Waals surface area contributed by atoms with E-state index < -0.39 is 5.97 Å². The van der Waals surface area contributed by atoms with Crippen molar-refractivity contribution in [3.05, 3.63) is 47.8 Å². The molecule has 0 saturated heterocycles. The van der Waals surface area contributed by atoms with Gasteiger partial charge in [-0.05, 0) is 36.5 Å². The van der Waals surface area contributed by atoms with Gasteiger partial charge in [0.2, 0.25) is 0 Å². The summed E-state index contributed by atoms with van der Waals surface area (Å²) in [4.78, 5) is 10.9. The smallest absolute Gasteiger partial charge is 0.335 e. The number of aromatic carboxylic acids is 1. The number of benzene rings is 1. The first-order chi connectivity index (χ1) is 9.70. The summed E-state index contributed by atoms with van der Waals surface area (Å²) >= 11 is 0. The Bertz CT molecular complexity index is 617. The number of ether oxygens (including phenoxy) is 1. The molecule has 2 aromatic rings. The lowest BCUT2D eigenvalue weighted by Gasteiger charge is -2.03. The van der Waals surface area contributed by atoms with E-state index in [0.29, 0.717) is 18.0 Å². The summed E-state index contributed by atoms with van der Waals surface area (Å²) < 4.78 is 7.39. The van der Waals surface area contributed by atoms with Gasteiger partial charge in [-0.25, -0.2) is 4.79 Å². The second-order valence-corrected chi connectivity index (χ2v) is 5.13. The lowest BCUT2D eigenvalue weighted by atomic mass is 10.1. The largest absolute Gasteiger partial charge is 0.490 e. The second-order valence-electron chi connectivity index (χ2n) is 5.13. The molecule has 0 spiro atoms. The molecule has 0 aliphatic heterocycles. The predicted molar refractivity (Wildman–Crippen MR) is 72.9 cm³/mol. The molecule has 5 nitrogen and oxygen atoms in total. The van der Waals surface area contributed by atoms with E-state index in [1.54, 1.807) is 29.1 Å². The molecule has 0 radical (unpaired) electrons. The quantitative estimate of drug-likeness (QED) is 0.877. The zero-order chi connectivity index (χ0) is 13.9. The summed E-state index contributed by atoms with van der Waals surface area (Å²) in [6.07, 6.45) is 6.06. The molecule has 20 heavy (non-hydrogen) atoms. The number of carboxylic acid groups (broad SMARTS) is 1. The van der Waals surface area contributed by atoms with Crippen LogP contribution in [-0.2, 0) is 6.54 Å². The van der Waals surface area contributed by atoms with E-state index in [1.165, 1.54) is 12.8 Å². The van der Waals surface area contributed by atoms with Gasteiger partial charge in [0.15, 0.2) is 5.75 Å². The van der Waals surface area contributed by atoms with Crippen molar-refractivity contribution in [1.29, 1.82) is 0 Å². The molecule has 5 heteroatoms. The monoisotopic (exact) mass is 272 g/mol. The number of carbonyl (C=O) groups is 1. The van der Waals surface area contributed by atoms with Crippen molar-refractivity contribution >= 4 is 5.97 Å². The first-order valence-electron chi connectivity index (χ1n) is 6.68. The van der Waals surface area contributed by atoms with Gasteiger partial charge in [-0.3, -0.25) is 4.68 Å². The molecule has 3 rings (SSSR count). The fourth-order valence-electron chi connectivity index (χ4n) is 1.99. The Kier molecular flexibility index (Phi) is 3.41. The topological polar surface area (TPSA) is 64.3 Å². The molecule has 1 saturated carbocycles. The van der Waals surface area contributed by atoms with Crippen LogP contribution >= 0.6 is 0 Å². The lowest BCUT2D eigenvalue weighted by Crippen LogP contribution is -2.03. The summed E-state index contributed by atoms with van der Waals surface area (Å²) in [5.41, 5.74) is 1.20. The zero-order valence-corrected chi connectivity index (χ0v) is 11.0. The van der Waals surface area contributed by atoms with Gasteiger partial charge in [0.25, 0.3) is 0 Å². The van der Waals surface area contributed by atoms with E-state index in [0.717, 1.165) is 17.9 Å². The number of hydrogen-bond donors (Lipinski definition) is 1. The van der Waals surface area contributed by atoms with Gasteiger partial charge in [0.05, 0.1) is 31.1 Å². The van der Waals surface area contributed by atoms with Crippen molar-refractivity contribution in [2.75, 3.05) is 6.61 Å². The van der Waals surface area contributed by atoms with Crippen molar-refractivity contribution in [3.8, 4) is 5.75 Å². The maximum absolute atomic E-state index is 10.9. The molecule has 0 unspecified atom stereocenters. The van der Waals surface area contributed by atoms with Gasteiger partial charge >= 0.3 is 5.97 Å². The van der Waals surface area contributed by atoms with Gasteiger partial charge in [-0.15, -0.1) is 0 Å². The highest BCUT2D eigenvalue weighted by Gasteiger charge is 2.22. The number of aromatic nitrogens is 2. The standard InChI is InChI=1S/C15H16N2O3/c18-15(19)13-3-1-2-12(6-13)8-17-9-14(7-16-17)20-10-11-4-5-11/h1-3,6-7,9,11H,4-5,8,10H2,(H,18,19). The molecule has 0 bridgehead atoms. The van der Waals surface area contributed by atoms with Crippen molar-refractivity contribution in [2.24, 2.45) is 5.92 Å². The fourth-order valence-corrected chi connectivity index (χ4v) is 1.99. The van der Waals surface area contributed by atoms with Crippen LogP contribution in [0.4, 0.5) is 0 Å². The summed E-state index contributed by atoms with van der Waals surface area (Å²) in [6.45, 7) is 1.30. The van der Waals surface area contributed by atoms with Gasteiger partial charge in [0.1, 0.15) is 0 Å². The number of rotatable bonds is 6. The highest BCUT2D eigenvalue weighted by Crippen LogP contribution is 2.29. The van der Waals surface area contributed by atoms with Crippen LogP contribution in [0.3, 0.4) is 0 Å². The van der Waals surface area contributed by atoms with Gasteiger partial charge in [-0.1, -0.05) is 12.1 Å². The van der Waals surface area contributed by atoms with Crippen LogP contribution in [0.25, 0.3) is 0 Å². The molecule has 1 N–H and O–H groups in total. The minimum Gasteiger partial charge on any atom is -0.490 e. The number of nitrogens with zero attached hydrogens (tertiary/aromatic N) is 2. The van der Waals surface area contributed by atoms with E-state index in [-0.39, 0.29) is 0 Å². The molecule has 1 aromatic carbocycles. The molecule has 104 valence electrons. The van der Waals surface area contributed by atoms with Gasteiger partial charge < -0.3 is 9.84 Å². The molecule has 1 aromatic heterocycles. The molecule has 1 aliphatic carbocycles. The summed E-state index contributed by atoms with van der Waals surface area (Å²) in [6, 6.07) is 6.87. The molecule has 1 aliphatic rings. The van der Waals surface area contributed by atoms with Crippen molar-refractivity contribution < 1.29 is 14.6 Å². The minimum atomic E-state index is -0.916. The first kappa shape index (κ1) is 12.7. The SMILES string of the molecule is O=C(O)c1cccc(Cn2cc(OCC3CC3)cn2)c1. The molecular formula is C15H16N2O3. The second kappa shape index (κ2) is 5.36. The zero-order valence-electron chi connectivity index (χ0n) is 11.0. The maximum Gasteiger partial charge on any atom is 0.335 e.